The fourth-order valence-electron chi connectivity index (χ4n) is 0.809. The standard InChI is InChI=1S/C8H16O2/c1-2-3-4-5-6-7-8-10-9/h2,9H,1,3-8H2. The van der Waals surface area contributed by atoms with E-state index < -0.39 is 0 Å². The summed E-state index contributed by atoms with van der Waals surface area (Å²) in [5, 5.41) is 7.95. The van der Waals surface area contributed by atoms with Crippen molar-refractivity contribution < 1.29 is 10.1 Å². The fourth-order valence-corrected chi connectivity index (χ4v) is 0.809. The first-order valence-electron chi connectivity index (χ1n) is 3.79. The van der Waals surface area contributed by atoms with Gasteiger partial charge in [-0.15, -0.1) is 6.58 Å². The van der Waals surface area contributed by atoms with Gasteiger partial charge in [0.2, 0.25) is 0 Å². The molecular formula is C8H16O2. The molecule has 0 aromatic carbocycles. The number of hydrogen-bond acceptors (Lipinski definition) is 2. The number of rotatable bonds is 7. The van der Waals surface area contributed by atoms with E-state index in [-0.39, 0.29) is 0 Å². The maximum Gasteiger partial charge on any atom is 0.0819 e. The van der Waals surface area contributed by atoms with Crippen molar-refractivity contribution in [3.8, 4) is 0 Å². The first-order valence-corrected chi connectivity index (χ1v) is 3.79. The van der Waals surface area contributed by atoms with Gasteiger partial charge in [0.05, 0.1) is 6.61 Å². The molecule has 0 unspecified atom stereocenters. The molecule has 2 nitrogen and oxygen atoms in total. The maximum atomic E-state index is 7.95. The topological polar surface area (TPSA) is 29.5 Å². The van der Waals surface area contributed by atoms with Gasteiger partial charge in [0.25, 0.3) is 0 Å². The zero-order valence-corrected chi connectivity index (χ0v) is 6.38. The molecule has 0 aliphatic rings. The van der Waals surface area contributed by atoms with E-state index in [0.717, 1.165) is 19.3 Å². The number of allylic oxidation sites excluding steroid dienone is 1. The van der Waals surface area contributed by atoms with Gasteiger partial charge in [0, 0.05) is 0 Å². The predicted molar refractivity (Wildman–Crippen MR) is 41.9 cm³/mol. The van der Waals surface area contributed by atoms with Crippen LogP contribution in [0.5, 0.6) is 0 Å². The van der Waals surface area contributed by atoms with Gasteiger partial charge >= 0.3 is 0 Å². The van der Waals surface area contributed by atoms with E-state index in [9.17, 15) is 0 Å². The molecule has 1 N–H and O–H groups in total. The van der Waals surface area contributed by atoms with Crippen LogP contribution in [-0.4, -0.2) is 11.9 Å². The second-order valence-corrected chi connectivity index (χ2v) is 2.32. The third kappa shape index (κ3) is 7.66. The normalized spacial score (nSPS) is 9.70. The fraction of sp³-hybridized carbons (Fsp3) is 0.750. The van der Waals surface area contributed by atoms with Crippen LogP contribution in [0.4, 0.5) is 0 Å². The van der Waals surface area contributed by atoms with E-state index in [4.69, 9.17) is 5.26 Å². The monoisotopic (exact) mass is 144 g/mol. The van der Waals surface area contributed by atoms with Crippen molar-refractivity contribution in [3.63, 3.8) is 0 Å². The molecule has 0 aromatic rings. The van der Waals surface area contributed by atoms with Gasteiger partial charge in [-0.2, -0.15) is 0 Å². The van der Waals surface area contributed by atoms with Crippen molar-refractivity contribution in [3.05, 3.63) is 12.7 Å². The Labute approximate surface area is 62.4 Å². The van der Waals surface area contributed by atoms with Gasteiger partial charge in [-0.25, -0.2) is 4.89 Å². The summed E-state index contributed by atoms with van der Waals surface area (Å²) in [6.45, 7) is 4.10. The molecule has 0 aliphatic heterocycles. The third-order valence-corrected chi connectivity index (χ3v) is 1.39. The Morgan fingerprint density at radius 3 is 2.50 bits per heavy atom. The van der Waals surface area contributed by atoms with E-state index in [1.807, 2.05) is 6.08 Å². The van der Waals surface area contributed by atoms with Crippen molar-refractivity contribution in [1.82, 2.24) is 0 Å². The molecule has 0 bridgehead atoms. The van der Waals surface area contributed by atoms with Crippen LogP contribution in [0, 0.1) is 0 Å². The van der Waals surface area contributed by atoms with Crippen LogP contribution >= 0.6 is 0 Å². The molecular weight excluding hydrogens is 128 g/mol. The van der Waals surface area contributed by atoms with Crippen molar-refractivity contribution >= 4 is 0 Å². The Balaban J connectivity index is 2.70. The van der Waals surface area contributed by atoms with Crippen LogP contribution in [0.2, 0.25) is 0 Å². The van der Waals surface area contributed by atoms with E-state index in [0.29, 0.717) is 6.61 Å². The van der Waals surface area contributed by atoms with Crippen LogP contribution in [-0.2, 0) is 4.89 Å². The molecule has 0 aromatic heterocycles. The van der Waals surface area contributed by atoms with E-state index >= 15 is 0 Å². The van der Waals surface area contributed by atoms with Crippen molar-refractivity contribution in [2.75, 3.05) is 6.61 Å². The Bertz CT molecular complexity index is 71.7. The SMILES string of the molecule is C=CCCCCCCOO. The molecule has 0 fully saturated rings. The van der Waals surface area contributed by atoms with Gasteiger partial charge in [0.15, 0.2) is 0 Å². The first-order chi connectivity index (χ1) is 4.91. The van der Waals surface area contributed by atoms with Gasteiger partial charge in [-0.05, 0) is 19.3 Å². The summed E-state index contributed by atoms with van der Waals surface area (Å²) in [6.07, 6.45) is 7.52. The molecule has 0 saturated carbocycles. The highest BCUT2D eigenvalue weighted by Crippen LogP contribution is 2.02. The molecule has 60 valence electrons. The largest absolute Gasteiger partial charge is 0.252 e. The Morgan fingerprint density at radius 1 is 1.20 bits per heavy atom. The Hall–Kier alpha value is -0.340. The van der Waals surface area contributed by atoms with E-state index in [1.165, 1.54) is 12.8 Å². The molecule has 0 radical (unpaired) electrons. The van der Waals surface area contributed by atoms with Crippen LogP contribution in [0.25, 0.3) is 0 Å². The molecule has 0 spiro atoms. The summed E-state index contributed by atoms with van der Waals surface area (Å²) in [5.41, 5.74) is 0. The number of unbranched alkanes of at least 4 members (excludes halogenated alkanes) is 4. The van der Waals surface area contributed by atoms with Crippen LogP contribution in [0.15, 0.2) is 12.7 Å². The molecule has 0 heterocycles. The van der Waals surface area contributed by atoms with Crippen molar-refractivity contribution in [2.45, 2.75) is 32.1 Å². The molecule has 0 saturated heterocycles. The lowest BCUT2D eigenvalue weighted by molar-refractivity contribution is -0.242. The minimum absolute atomic E-state index is 0.466. The molecule has 0 amide bonds. The third-order valence-electron chi connectivity index (χ3n) is 1.39. The summed E-state index contributed by atoms with van der Waals surface area (Å²) in [4.78, 5) is 3.93. The van der Waals surface area contributed by atoms with Crippen LogP contribution in [0.1, 0.15) is 32.1 Å². The lowest BCUT2D eigenvalue weighted by atomic mass is 10.1. The summed E-state index contributed by atoms with van der Waals surface area (Å²) in [6, 6.07) is 0. The number of hydrogen-bond donors (Lipinski definition) is 1. The Morgan fingerprint density at radius 2 is 1.90 bits per heavy atom. The lowest BCUT2D eigenvalue weighted by Crippen LogP contribution is -1.88. The molecule has 2 heteroatoms. The first kappa shape index (κ1) is 9.66. The molecule has 0 atom stereocenters. The minimum atomic E-state index is 0.466. The molecule has 0 rings (SSSR count). The predicted octanol–water partition coefficient (Wildman–Crippen LogP) is 2.61. The van der Waals surface area contributed by atoms with Crippen LogP contribution in [0.3, 0.4) is 0 Å². The average Bonchev–Trinajstić information content (AvgIpc) is 1.97. The van der Waals surface area contributed by atoms with E-state index in [1.54, 1.807) is 0 Å². The highest BCUT2D eigenvalue weighted by molar-refractivity contribution is 4.65. The molecule has 0 aliphatic carbocycles. The van der Waals surface area contributed by atoms with Crippen molar-refractivity contribution in [1.29, 1.82) is 0 Å². The van der Waals surface area contributed by atoms with Gasteiger partial charge < -0.3 is 0 Å². The summed E-state index contributed by atoms with van der Waals surface area (Å²) >= 11 is 0. The van der Waals surface area contributed by atoms with Crippen LogP contribution < -0.4 is 0 Å². The zero-order chi connectivity index (χ0) is 7.66. The minimum Gasteiger partial charge on any atom is -0.252 e. The highest BCUT2D eigenvalue weighted by atomic mass is 17.1. The van der Waals surface area contributed by atoms with Gasteiger partial charge in [0.1, 0.15) is 0 Å². The summed E-state index contributed by atoms with van der Waals surface area (Å²) in [7, 11) is 0. The average molecular weight is 144 g/mol. The zero-order valence-electron chi connectivity index (χ0n) is 6.38. The maximum absolute atomic E-state index is 7.95. The second-order valence-electron chi connectivity index (χ2n) is 2.32. The second kappa shape index (κ2) is 8.66. The smallest absolute Gasteiger partial charge is 0.0819 e. The van der Waals surface area contributed by atoms with Crippen molar-refractivity contribution in [2.24, 2.45) is 0 Å². The summed E-state index contributed by atoms with van der Waals surface area (Å²) in [5.74, 6) is 0. The van der Waals surface area contributed by atoms with Gasteiger partial charge in [-0.3, -0.25) is 5.26 Å². The van der Waals surface area contributed by atoms with Gasteiger partial charge in [-0.1, -0.05) is 18.9 Å². The lowest BCUT2D eigenvalue weighted by Gasteiger charge is -1.96. The molecule has 10 heavy (non-hydrogen) atoms. The highest BCUT2D eigenvalue weighted by Gasteiger charge is 1.87. The van der Waals surface area contributed by atoms with E-state index in [2.05, 4.69) is 11.5 Å². The quantitative estimate of drug-likeness (QED) is 0.257. The summed E-state index contributed by atoms with van der Waals surface area (Å²) < 4.78 is 0. The Kier molecular flexibility index (Phi) is 8.37.